The van der Waals surface area contributed by atoms with E-state index in [-0.39, 0.29) is 29.9 Å². The van der Waals surface area contributed by atoms with E-state index in [0.29, 0.717) is 30.1 Å². The molecule has 0 atom stereocenters. The standard InChI is InChI=1S/C20H20F3N3O3/c21-20(22,23)28-17-4-2-1-3-15(17)18-16(19(29-25-18)13-5-6-13)11-27-14-7-9-26(12-24)10-8-14/h1-4,13-14H,5-11H2. The second-order valence-corrected chi connectivity index (χ2v) is 7.29. The molecule has 29 heavy (non-hydrogen) atoms. The molecular formula is C20H20F3N3O3. The molecule has 0 bridgehead atoms. The van der Waals surface area contributed by atoms with Crippen molar-refractivity contribution in [1.82, 2.24) is 10.1 Å². The Hall–Kier alpha value is -2.73. The minimum Gasteiger partial charge on any atom is -0.405 e. The molecule has 154 valence electrons. The van der Waals surface area contributed by atoms with Crippen LogP contribution < -0.4 is 4.74 Å². The highest BCUT2D eigenvalue weighted by molar-refractivity contribution is 5.70. The van der Waals surface area contributed by atoms with Gasteiger partial charge in [-0.15, -0.1) is 13.2 Å². The lowest BCUT2D eigenvalue weighted by molar-refractivity contribution is -0.274. The zero-order chi connectivity index (χ0) is 20.4. The molecule has 1 aromatic carbocycles. The van der Waals surface area contributed by atoms with Gasteiger partial charge in [-0.2, -0.15) is 5.26 Å². The van der Waals surface area contributed by atoms with Gasteiger partial charge in [0.25, 0.3) is 0 Å². The van der Waals surface area contributed by atoms with Crippen molar-refractivity contribution >= 4 is 0 Å². The molecule has 9 heteroatoms. The van der Waals surface area contributed by atoms with Crippen LogP contribution in [-0.4, -0.2) is 35.6 Å². The molecule has 0 amide bonds. The van der Waals surface area contributed by atoms with Crippen LogP contribution in [-0.2, 0) is 11.3 Å². The molecule has 2 aromatic rings. The molecule has 2 fully saturated rings. The lowest BCUT2D eigenvalue weighted by atomic mass is 10.0. The maximum absolute atomic E-state index is 12.8. The maximum Gasteiger partial charge on any atom is 0.573 e. The van der Waals surface area contributed by atoms with E-state index in [2.05, 4.69) is 16.1 Å². The minimum absolute atomic E-state index is 0.0175. The smallest absolute Gasteiger partial charge is 0.405 e. The Morgan fingerprint density at radius 1 is 1.17 bits per heavy atom. The van der Waals surface area contributed by atoms with Gasteiger partial charge < -0.3 is 18.9 Å². The maximum atomic E-state index is 12.8. The normalized spacial score (nSPS) is 17.9. The fourth-order valence-electron chi connectivity index (χ4n) is 3.54. The molecule has 0 radical (unpaired) electrons. The van der Waals surface area contributed by atoms with Crippen molar-refractivity contribution in [3.63, 3.8) is 0 Å². The quantitative estimate of drug-likeness (QED) is 0.653. The molecule has 0 spiro atoms. The highest BCUT2D eigenvalue weighted by atomic mass is 19.4. The number of halogens is 3. The first-order chi connectivity index (χ1) is 13.9. The first-order valence-electron chi connectivity index (χ1n) is 9.54. The number of hydrogen-bond acceptors (Lipinski definition) is 6. The zero-order valence-electron chi connectivity index (χ0n) is 15.6. The predicted molar refractivity (Wildman–Crippen MR) is 95.6 cm³/mol. The van der Waals surface area contributed by atoms with Crippen molar-refractivity contribution in [2.45, 2.75) is 50.7 Å². The summed E-state index contributed by atoms with van der Waals surface area (Å²) in [5.74, 6) is 0.585. The van der Waals surface area contributed by atoms with Crippen LogP contribution in [0.2, 0.25) is 0 Å². The van der Waals surface area contributed by atoms with E-state index in [1.165, 1.54) is 18.2 Å². The van der Waals surface area contributed by atoms with Gasteiger partial charge in [0.1, 0.15) is 17.2 Å². The van der Waals surface area contributed by atoms with E-state index in [9.17, 15) is 13.2 Å². The SMILES string of the molecule is N#CN1CCC(OCc2c(-c3ccccc3OC(F)(F)F)noc2C2CC2)CC1. The van der Waals surface area contributed by atoms with Gasteiger partial charge in [0.05, 0.1) is 12.7 Å². The van der Waals surface area contributed by atoms with Crippen LogP contribution in [0, 0.1) is 11.5 Å². The van der Waals surface area contributed by atoms with E-state index in [4.69, 9.17) is 14.5 Å². The third-order valence-corrected chi connectivity index (χ3v) is 5.18. The Morgan fingerprint density at radius 2 is 1.90 bits per heavy atom. The van der Waals surface area contributed by atoms with Crippen molar-refractivity contribution in [3.8, 4) is 23.2 Å². The summed E-state index contributed by atoms with van der Waals surface area (Å²) in [6, 6.07) is 5.90. The Balaban J connectivity index is 1.57. The van der Waals surface area contributed by atoms with Crippen molar-refractivity contribution in [3.05, 3.63) is 35.6 Å². The third kappa shape index (κ3) is 4.65. The Bertz CT molecular complexity index is 894. The predicted octanol–water partition coefficient (Wildman–Crippen LogP) is 4.58. The first-order valence-corrected chi connectivity index (χ1v) is 9.54. The Labute approximate surface area is 165 Å². The lowest BCUT2D eigenvalue weighted by Crippen LogP contribution is -2.33. The topological polar surface area (TPSA) is 71.5 Å². The van der Waals surface area contributed by atoms with Gasteiger partial charge in [0.2, 0.25) is 0 Å². The monoisotopic (exact) mass is 407 g/mol. The fourth-order valence-corrected chi connectivity index (χ4v) is 3.54. The molecule has 1 aromatic heterocycles. The zero-order valence-corrected chi connectivity index (χ0v) is 15.6. The number of alkyl halides is 3. The average Bonchev–Trinajstić information content (AvgIpc) is 3.46. The van der Waals surface area contributed by atoms with Crippen LogP contribution in [0.25, 0.3) is 11.3 Å². The summed E-state index contributed by atoms with van der Waals surface area (Å²) >= 11 is 0. The molecule has 1 saturated carbocycles. The highest BCUT2D eigenvalue weighted by Crippen LogP contribution is 2.45. The summed E-state index contributed by atoms with van der Waals surface area (Å²) in [6.45, 7) is 1.47. The van der Waals surface area contributed by atoms with Gasteiger partial charge in [0.15, 0.2) is 6.19 Å². The van der Waals surface area contributed by atoms with E-state index in [1.807, 2.05) is 0 Å². The summed E-state index contributed by atoms with van der Waals surface area (Å²) in [5.41, 5.74) is 1.22. The molecule has 1 aliphatic heterocycles. The highest BCUT2D eigenvalue weighted by Gasteiger charge is 2.36. The minimum atomic E-state index is -4.80. The van der Waals surface area contributed by atoms with Gasteiger partial charge in [-0.3, -0.25) is 0 Å². The molecule has 2 aliphatic rings. The Kier molecular flexibility index (Phi) is 5.37. The number of aromatic nitrogens is 1. The lowest BCUT2D eigenvalue weighted by Gasteiger charge is -2.28. The number of nitriles is 1. The van der Waals surface area contributed by atoms with Gasteiger partial charge in [-0.05, 0) is 37.8 Å². The molecular weight excluding hydrogens is 387 g/mol. The van der Waals surface area contributed by atoms with Crippen molar-refractivity contribution in [2.75, 3.05) is 13.1 Å². The number of hydrogen-bond donors (Lipinski definition) is 0. The molecule has 4 rings (SSSR count). The number of rotatable bonds is 6. The van der Waals surface area contributed by atoms with Crippen LogP contribution in [0.1, 0.15) is 42.9 Å². The average molecular weight is 407 g/mol. The summed E-state index contributed by atoms with van der Waals surface area (Å²) < 4.78 is 54.2. The molecule has 1 aliphatic carbocycles. The van der Waals surface area contributed by atoms with E-state index >= 15 is 0 Å². The second-order valence-electron chi connectivity index (χ2n) is 7.29. The number of ether oxygens (including phenoxy) is 2. The molecule has 1 saturated heterocycles. The summed E-state index contributed by atoms with van der Waals surface area (Å²) in [5, 5.41) is 13.0. The second kappa shape index (κ2) is 7.95. The van der Waals surface area contributed by atoms with Crippen LogP contribution in [0.4, 0.5) is 13.2 Å². The van der Waals surface area contributed by atoms with Crippen molar-refractivity contribution in [1.29, 1.82) is 5.26 Å². The Morgan fingerprint density at radius 3 is 2.55 bits per heavy atom. The number of piperidine rings is 1. The van der Waals surface area contributed by atoms with Crippen molar-refractivity contribution < 1.29 is 27.2 Å². The van der Waals surface area contributed by atoms with Gasteiger partial charge in [-0.1, -0.05) is 17.3 Å². The number of likely N-dealkylation sites (tertiary alicyclic amines) is 1. The van der Waals surface area contributed by atoms with Crippen molar-refractivity contribution in [2.24, 2.45) is 0 Å². The van der Waals surface area contributed by atoms with Crippen LogP contribution >= 0.6 is 0 Å². The summed E-state index contributed by atoms with van der Waals surface area (Å²) in [6.07, 6.45) is 0.679. The number of nitrogens with zero attached hydrogens (tertiary/aromatic N) is 3. The van der Waals surface area contributed by atoms with E-state index in [1.54, 1.807) is 11.0 Å². The summed E-state index contributed by atoms with van der Waals surface area (Å²) in [4.78, 5) is 1.69. The number of benzene rings is 1. The van der Waals surface area contributed by atoms with Gasteiger partial charge in [-0.25, -0.2) is 0 Å². The van der Waals surface area contributed by atoms with Crippen LogP contribution in [0.5, 0.6) is 5.75 Å². The summed E-state index contributed by atoms with van der Waals surface area (Å²) in [7, 11) is 0. The number of para-hydroxylation sites is 1. The van der Waals surface area contributed by atoms with Crippen LogP contribution in [0.15, 0.2) is 28.8 Å². The van der Waals surface area contributed by atoms with E-state index in [0.717, 1.165) is 25.7 Å². The van der Waals surface area contributed by atoms with E-state index < -0.39 is 6.36 Å². The largest absolute Gasteiger partial charge is 0.573 e. The van der Waals surface area contributed by atoms with Gasteiger partial charge >= 0.3 is 6.36 Å². The fraction of sp³-hybridized carbons (Fsp3) is 0.500. The molecule has 0 unspecified atom stereocenters. The molecule has 6 nitrogen and oxygen atoms in total. The molecule has 0 N–H and O–H groups in total. The first kappa shape index (κ1) is 19.6. The van der Waals surface area contributed by atoms with Gasteiger partial charge in [0, 0.05) is 30.1 Å². The van der Waals surface area contributed by atoms with Crippen LogP contribution in [0.3, 0.4) is 0 Å². The third-order valence-electron chi connectivity index (χ3n) is 5.18. The molecule has 2 heterocycles.